The van der Waals surface area contributed by atoms with Gasteiger partial charge in [-0.3, -0.25) is 0 Å². The molecule has 0 saturated heterocycles. The summed E-state index contributed by atoms with van der Waals surface area (Å²) in [6.45, 7) is 0.529. The number of methoxy groups -OCH3 is 2. The highest BCUT2D eigenvalue weighted by Gasteiger charge is 2.28. The van der Waals surface area contributed by atoms with Gasteiger partial charge in [-0.15, -0.1) is 0 Å². The molecule has 0 aromatic heterocycles. The first-order valence-corrected chi connectivity index (χ1v) is 7.34. The van der Waals surface area contributed by atoms with Crippen molar-refractivity contribution in [2.75, 3.05) is 20.8 Å². The van der Waals surface area contributed by atoms with E-state index in [2.05, 4.69) is 0 Å². The minimum atomic E-state index is -0.961. The van der Waals surface area contributed by atoms with E-state index in [0.29, 0.717) is 23.7 Å². The molecular formula is C17H19NO5. The van der Waals surface area contributed by atoms with Gasteiger partial charge in [-0.05, 0) is 35.7 Å². The van der Waals surface area contributed by atoms with E-state index in [-0.39, 0.29) is 5.69 Å². The second kappa shape index (κ2) is 6.55. The lowest BCUT2D eigenvalue weighted by molar-refractivity contribution is -0.991. The number of quaternary nitrogens is 1. The molecule has 2 aromatic rings. The Labute approximate surface area is 134 Å². The predicted octanol–water partition coefficient (Wildman–Crippen LogP) is 1.77. The van der Waals surface area contributed by atoms with Crippen molar-refractivity contribution in [2.45, 2.75) is 12.5 Å². The van der Waals surface area contributed by atoms with Crippen molar-refractivity contribution < 1.29 is 24.6 Å². The quantitative estimate of drug-likeness (QED) is 0.841. The zero-order chi connectivity index (χ0) is 16.4. The number of para-hydroxylation sites is 1. The summed E-state index contributed by atoms with van der Waals surface area (Å²) in [4.78, 5) is 0. The van der Waals surface area contributed by atoms with Crippen molar-refractivity contribution in [1.82, 2.24) is 0 Å². The molecule has 0 spiro atoms. The van der Waals surface area contributed by atoms with Crippen LogP contribution in [0.15, 0.2) is 36.4 Å². The standard InChI is InChI=1S/C17H19NO5/c1-21-15-9-11-7-8-23-17(13(11)10-16(15)22-2)12-5-3-4-6-14(12)18(19)20/h3-6,9-10,17-19H,7-8H2,1-2H3. The normalized spacial score (nSPS) is 18.2. The Morgan fingerprint density at radius 2 is 1.83 bits per heavy atom. The number of benzene rings is 2. The average Bonchev–Trinajstić information content (AvgIpc) is 2.59. The van der Waals surface area contributed by atoms with Crippen molar-refractivity contribution in [3.63, 3.8) is 0 Å². The summed E-state index contributed by atoms with van der Waals surface area (Å²) in [5.41, 5.74) is 2.90. The van der Waals surface area contributed by atoms with E-state index < -0.39 is 11.3 Å². The second-order valence-electron chi connectivity index (χ2n) is 5.30. The Kier molecular flexibility index (Phi) is 4.49. The van der Waals surface area contributed by atoms with E-state index in [9.17, 15) is 10.4 Å². The van der Waals surface area contributed by atoms with Gasteiger partial charge in [-0.25, -0.2) is 5.21 Å². The van der Waals surface area contributed by atoms with Crippen molar-refractivity contribution in [3.8, 4) is 11.5 Å². The van der Waals surface area contributed by atoms with Gasteiger partial charge < -0.3 is 19.4 Å². The number of nitrogens with one attached hydrogen (secondary N) is 1. The van der Waals surface area contributed by atoms with Crippen LogP contribution in [0, 0.1) is 5.21 Å². The fourth-order valence-corrected chi connectivity index (χ4v) is 2.95. The van der Waals surface area contributed by atoms with E-state index in [4.69, 9.17) is 14.2 Å². The van der Waals surface area contributed by atoms with Gasteiger partial charge in [-0.2, -0.15) is 5.23 Å². The molecule has 6 nitrogen and oxygen atoms in total. The lowest BCUT2D eigenvalue weighted by atomic mass is 9.91. The summed E-state index contributed by atoms with van der Waals surface area (Å²) in [5, 5.41) is 20.0. The van der Waals surface area contributed by atoms with Gasteiger partial charge in [0.05, 0.1) is 20.8 Å². The highest BCUT2D eigenvalue weighted by molar-refractivity contribution is 5.53. The van der Waals surface area contributed by atoms with Crippen LogP contribution in [0.5, 0.6) is 11.5 Å². The fraction of sp³-hybridized carbons (Fsp3) is 0.294. The van der Waals surface area contributed by atoms with Crippen LogP contribution >= 0.6 is 0 Å². The smallest absolute Gasteiger partial charge is 0.169 e. The number of fused-ring (bicyclic) bond motifs is 1. The van der Waals surface area contributed by atoms with E-state index in [1.165, 1.54) is 0 Å². The zero-order valence-corrected chi connectivity index (χ0v) is 13.0. The number of hydrogen-bond acceptors (Lipinski definition) is 5. The summed E-state index contributed by atoms with van der Waals surface area (Å²) >= 11 is 0. The first-order chi connectivity index (χ1) is 11.2. The van der Waals surface area contributed by atoms with Gasteiger partial charge in [-0.1, -0.05) is 12.1 Å². The topological polar surface area (TPSA) is 75.4 Å². The lowest BCUT2D eigenvalue weighted by Gasteiger charge is -2.29. The summed E-state index contributed by atoms with van der Waals surface area (Å²) in [6.07, 6.45) is 0.326. The molecule has 0 bridgehead atoms. The number of ether oxygens (including phenoxy) is 3. The van der Waals surface area contributed by atoms with Gasteiger partial charge in [0.25, 0.3) is 0 Å². The van der Waals surface area contributed by atoms with Gasteiger partial charge in [0, 0.05) is 11.6 Å². The van der Waals surface area contributed by atoms with Crippen LogP contribution in [0.3, 0.4) is 0 Å². The highest BCUT2D eigenvalue weighted by Crippen LogP contribution is 2.40. The molecule has 0 fully saturated rings. The van der Waals surface area contributed by atoms with Gasteiger partial charge >= 0.3 is 0 Å². The van der Waals surface area contributed by atoms with Crippen LogP contribution in [0.4, 0.5) is 5.69 Å². The van der Waals surface area contributed by atoms with E-state index >= 15 is 0 Å². The first kappa shape index (κ1) is 15.8. The number of hydrogen-bond donors (Lipinski definition) is 2. The molecule has 6 heteroatoms. The lowest BCUT2D eigenvalue weighted by Crippen LogP contribution is -2.99. The molecule has 0 saturated carbocycles. The van der Waals surface area contributed by atoms with Crippen molar-refractivity contribution in [2.24, 2.45) is 0 Å². The Balaban J connectivity index is 2.12. The first-order valence-electron chi connectivity index (χ1n) is 7.34. The molecule has 1 aliphatic rings. The van der Waals surface area contributed by atoms with Crippen LogP contribution in [-0.2, 0) is 11.2 Å². The number of rotatable bonds is 4. The molecule has 2 unspecified atom stereocenters. The van der Waals surface area contributed by atoms with Crippen molar-refractivity contribution in [1.29, 1.82) is 0 Å². The van der Waals surface area contributed by atoms with Gasteiger partial charge in [0.2, 0.25) is 0 Å². The van der Waals surface area contributed by atoms with Crippen molar-refractivity contribution >= 4 is 5.69 Å². The fourth-order valence-electron chi connectivity index (χ4n) is 2.95. The van der Waals surface area contributed by atoms with Crippen LogP contribution < -0.4 is 14.7 Å². The molecule has 3 rings (SSSR count). The predicted molar refractivity (Wildman–Crippen MR) is 83.3 cm³/mol. The molecule has 23 heavy (non-hydrogen) atoms. The molecule has 2 atom stereocenters. The third-order valence-electron chi connectivity index (χ3n) is 4.06. The largest absolute Gasteiger partial charge is 0.595 e. The third-order valence-corrected chi connectivity index (χ3v) is 4.06. The maximum absolute atomic E-state index is 11.5. The second-order valence-corrected chi connectivity index (χ2v) is 5.30. The van der Waals surface area contributed by atoms with E-state index in [1.54, 1.807) is 32.4 Å². The Hall–Kier alpha value is -2.12. The molecule has 0 aliphatic carbocycles. The SMILES string of the molecule is COc1cc2c(cc1OC)C(c1ccccc1[NH+]([O-])O)OCC2. The molecular weight excluding hydrogens is 298 g/mol. The minimum absolute atomic E-state index is 0.250. The van der Waals surface area contributed by atoms with Crippen LogP contribution in [-0.4, -0.2) is 26.0 Å². The molecule has 0 amide bonds. The van der Waals surface area contributed by atoms with Crippen LogP contribution in [0.25, 0.3) is 0 Å². The molecule has 1 heterocycles. The Morgan fingerprint density at radius 1 is 1.13 bits per heavy atom. The monoisotopic (exact) mass is 317 g/mol. The van der Waals surface area contributed by atoms with Crippen LogP contribution in [0.1, 0.15) is 22.8 Å². The molecule has 1 aliphatic heterocycles. The highest BCUT2D eigenvalue weighted by atomic mass is 16.8. The summed E-state index contributed by atoms with van der Waals surface area (Å²) in [5.74, 6) is 1.27. The molecule has 2 N–H and O–H groups in total. The third kappa shape index (κ3) is 2.89. The van der Waals surface area contributed by atoms with Crippen LogP contribution in [0.2, 0.25) is 0 Å². The van der Waals surface area contributed by atoms with Crippen molar-refractivity contribution in [3.05, 3.63) is 58.3 Å². The maximum atomic E-state index is 11.5. The van der Waals surface area contributed by atoms with Gasteiger partial charge in [0.15, 0.2) is 17.2 Å². The Morgan fingerprint density at radius 3 is 2.52 bits per heavy atom. The zero-order valence-electron chi connectivity index (χ0n) is 13.0. The molecule has 122 valence electrons. The summed E-state index contributed by atoms with van der Waals surface area (Å²) in [7, 11) is 3.18. The average molecular weight is 317 g/mol. The van der Waals surface area contributed by atoms with E-state index in [0.717, 1.165) is 17.5 Å². The van der Waals surface area contributed by atoms with E-state index in [1.807, 2.05) is 18.2 Å². The summed E-state index contributed by atoms with van der Waals surface area (Å²) < 4.78 is 16.6. The minimum Gasteiger partial charge on any atom is -0.595 e. The maximum Gasteiger partial charge on any atom is 0.169 e. The molecule has 2 aromatic carbocycles. The Bertz CT molecular complexity index is 701. The summed E-state index contributed by atoms with van der Waals surface area (Å²) in [6, 6.07) is 10.7. The molecule has 0 radical (unpaired) electrons. The van der Waals surface area contributed by atoms with Gasteiger partial charge in [0.1, 0.15) is 6.10 Å².